The van der Waals surface area contributed by atoms with Crippen LogP contribution in [0.4, 0.5) is 23.0 Å². The summed E-state index contributed by atoms with van der Waals surface area (Å²) in [4.78, 5) is 39.9. The van der Waals surface area contributed by atoms with Crippen LogP contribution in [0.3, 0.4) is 0 Å². The molecule has 0 spiro atoms. The molecule has 0 radical (unpaired) electrons. The van der Waals surface area contributed by atoms with E-state index in [1.165, 1.54) is 25.7 Å². The number of allylic oxidation sites excluding steroid dienone is 1. The second kappa shape index (κ2) is 19.0. The van der Waals surface area contributed by atoms with E-state index in [1.54, 1.807) is 6.07 Å². The Morgan fingerprint density at radius 3 is 2.56 bits per heavy atom. The van der Waals surface area contributed by atoms with Gasteiger partial charge in [-0.25, -0.2) is 9.97 Å². The Morgan fingerprint density at radius 2 is 1.93 bits per heavy atom. The van der Waals surface area contributed by atoms with Gasteiger partial charge in [0, 0.05) is 68.7 Å². The molecule has 1 aromatic carbocycles. The van der Waals surface area contributed by atoms with Gasteiger partial charge >= 0.3 is 0 Å². The van der Waals surface area contributed by atoms with Crippen LogP contribution in [0, 0.1) is 5.41 Å². The molecule has 2 aromatic rings. The summed E-state index contributed by atoms with van der Waals surface area (Å²) in [6.07, 6.45) is 6.91. The molecule has 2 heterocycles. The molecule has 3 rings (SSSR count). The highest BCUT2D eigenvalue weighted by atomic mass is 16.5. The van der Waals surface area contributed by atoms with E-state index in [0.717, 1.165) is 24.9 Å². The third kappa shape index (κ3) is 10.2. The lowest BCUT2D eigenvalue weighted by molar-refractivity contribution is -0.104. The molecule has 0 unspecified atom stereocenters. The number of likely N-dealkylation sites (N-methyl/N-ethyl adjacent to an activating group) is 1. The molecule has 1 aliphatic heterocycles. The summed E-state index contributed by atoms with van der Waals surface area (Å²) >= 11 is 0. The lowest BCUT2D eigenvalue weighted by atomic mass is 10.1. The van der Waals surface area contributed by atoms with Crippen molar-refractivity contribution in [1.82, 2.24) is 14.9 Å². The lowest BCUT2D eigenvalue weighted by Gasteiger charge is -2.31. The summed E-state index contributed by atoms with van der Waals surface area (Å²) in [7, 11) is 3.47. The number of anilines is 3. The number of hydrogen-bond acceptors (Lipinski definition) is 13. The van der Waals surface area contributed by atoms with E-state index >= 15 is 0 Å². The SMILES string of the molecule is C=N/C=C(C=O)\C=N/CN(CCCC)CCN(C)c1nc(-c2ccc(N)c(C=N)c2)nc(N2CCOCC2)c1N=C.CN. The number of aldehydes is 1. The van der Waals surface area contributed by atoms with Gasteiger partial charge in [-0.05, 0) is 51.6 Å². The van der Waals surface area contributed by atoms with Gasteiger partial charge in [-0.2, -0.15) is 0 Å². The van der Waals surface area contributed by atoms with Gasteiger partial charge in [0.2, 0.25) is 0 Å². The van der Waals surface area contributed by atoms with E-state index in [1.807, 2.05) is 19.2 Å². The molecular weight excluding hydrogens is 546 g/mol. The van der Waals surface area contributed by atoms with Crippen molar-refractivity contribution in [2.24, 2.45) is 20.7 Å². The van der Waals surface area contributed by atoms with E-state index in [0.29, 0.717) is 92.3 Å². The second-order valence-electron chi connectivity index (χ2n) is 9.56. The standard InChI is InChI=1S/C29H40N10O2.CH5N/c1-5-6-9-38(21-34-19-22(20-40)18-32-2)11-10-37(4)28-26(33-3)29(39-12-14-41-15-13-39)36-27(35-28)23-7-8-25(31)24(16-23)17-30;1-2/h7-8,16-20,30H,2-3,5-6,9-15,21,31H2,1,4H3;2H2,1H3/b22-18+,30-17?,34-19-;. The topological polar surface area (TPSA) is 175 Å². The fourth-order valence-corrected chi connectivity index (χ4v) is 4.30. The molecule has 1 aromatic heterocycles. The van der Waals surface area contributed by atoms with Gasteiger partial charge in [0.15, 0.2) is 23.7 Å². The predicted octanol–water partition coefficient (Wildman–Crippen LogP) is 2.82. The summed E-state index contributed by atoms with van der Waals surface area (Å²) in [5.74, 6) is 1.86. The van der Waals surface area contributed by atoms with Crippen molar-refractivity contribution in [2.75, 3.05) is 82.2 Å². The highest BCUT2D eigenvalue weighted by molar-refractivity contribution is 6.01. The summed E-state index contributed by atoms with van der Waals surface area (Å²) in [5.41, 5.74) is 13.4. The van der Waals surface area contributed by atoms with Crippen LogP contribution in [0.5, 0.6) is 0 Å². The third-order valence-corrected chi connectivity index (χ3v) is 6.66. The van der Waals surface area contributed by atoms with Crippen molar-refractivity contribution >= 4 is 55.2 Å². The second-order valence-corrected chi connectivity index (χ2v) is 9.56. The Hall–Kier alpha value is -4.33. The first-order chi connectivity index (χ1) is 20.9. The maximum absolute atomic E-state index is 11.2. The summed E-state index contributed by atoms with van der Waals surface area (Å²) in [6, 6.07) is 5.44. The van der Waals surface area contributed by atoms with Crippen LogP contribution in [0.2, 0.25) is 0 Å². The first kappa shape index (κ1) is 34.9. The van der Waals surface area contributed by atoms with Crippen LogP contribution in [-0.4, -0.2) is 114 Å². The molecule has 0 bridgehead atoms. The number of nitrogen functional groups attached to an aromatic ring is 1. The maximum Gasteiger partial charge on any atom is 0.164 e. The number of carbonyl (C=O) groups excluding carboxylic acids is 1. The minimum absolute atomic E-state index is 0.368. The highest BCUT2D eigenvalue weighted by Crippen LogP contribution is 2.37. The molecular formula is C30H45N11O2. The zero-order valence-electron chi connectivity index (χ0n) is 25.6. The molecule has 13 heteroatoms. The molecule has 13 nitrogen and oxygen atoms in total. The van der Waals surface area contributed by atoms with Crippen molar-refractivity contribution in [1.29, 1.82) is 5.41 Å². The summed E-state index contributed by atoms with van der Waals surface area (Å²) in [6.45, 7) is 14.6. The number of nitrogens with zero attached hydrogens (tertiary/aromatic N) is 8. The van der Waals surface area contributed by atoms with Gasteiger partial charge in [0.05, 0.1) is 25.5 Å². The van der Waals surface area contributed by atoms with E-state index < -0.39 is 0 Å². The van der Waals surface area contributed by atoms with Crippen LogP contribution in [0.1, 0.15) is 25.3 Å². The van der Waals surface area contributed by atoms with Crippen molar-refractivity contribution in [2.45, 2.75) is 19.8 Å². The monoisotopic (exact) mass is 591 g/mol. The Morgan fingerprint density at radius 1 is 1.19 bits per heavy atom. The molecule has 43 heavy (non-hydrogen) atoms. The zero-order chi connectivity index (χ0) is 31.6. The fourth-order valence-electron chi connectivity index (χ4n) is 4.30. The van der Waals surface area contributed by atoms with E-state index in [2.05, 4.69) is 55.8 Å². The molecule has 0 saturated carbocycles. The Balaban J connectivity index is 0.00000316. The Labute approximate surface area is 254 Å². The number of nitrogens with one attached hydrogen (secondary N) is 1. The molecule has 0 amide bonds. The van der Waals surface area contributed by atoms with Crippen LogP contribution in [0.25, 0.3) is 11.4 Å². The number of ether oxygens (including phenoxy) is 1. The van der Waals surface area contributed by atoms with Crippen LogP contribution in [-0.2, 0) is 9.53 Å². The fraction of sp³-hybridized carbons (Fsp3) is 0.433. The number of morpholine rings is 1. The van der Waals surface area contributed by atoms with Crippen molar-refractivity contribution < 1.29 is 9.53 Å². The summed E-state index contributed by atoms with van der Waals surface area (Å²) < 4.78 is 5.57. The van der Waals surface area contributed by atoms with Crippen LogP contribution in [0.15, 0.2) is 44.9 Å². The normalized spacial score (nSPS) is 13.4. The molecule has 1 fully saturated rings. The quantitative estimate of drug-likeness (QED) is 0.115. The average Bonchev–Trinajstić information content (AvgIpc) is 3.05. The van der Waals surface area contributed by atoms with Crippen molar-refractivity contribution in [3.05, 3.63) is 35.5 Å². The molecule has 1 aliphatic rings. The summed E-state index contributed by atoms with van der Waals surface area (Å²) in [5, 5.41) is 7.73. The van der Waals surface area contributed by atoms with Crippen molar-refractivity contribution in [3.8, 4) is 11.4 Å². The Bertz CT molecular complexity index is 1270. The van der Waals surface area contributed by atoms with Gasteiger partial charge in [-0.1, -0.05) is 13.3 Å². The third-order valence-electron chi connectivity index (χ3n) is 6.66. The highest BCUT2D eigenvalue weighted by Gasteiger charge is 2.24. The minimum Gasteiger partial charge on any atom is -0.398 e. The number of unbranched alkanes of at least 4 members (excludes halogenated alkanes) is 1. The molecule has 5 N–H and O–H groups in total. The van der Waals surface area contributed by atoms with Crippen LogP contribution < -0.4 is 21.3 Å². The lowest BCUT2D eigenvalue weighted by Crippen LogP contribution is -2.37. The van der Waals surface area contributed by atoms with Crippen LogP contribution >= 0.6 is 0 Å². The van der Waals surface area contributed by atoms with Gasteiger partial charge < -0.3 is 31.4 Å². The number of nitrogens with two attached hydrogens (primary N) is 2. The first-order valence-corrected chi connectivity index (χ1v) is 14.2. The van der Waals surface area contributed by atoms with Crippen molar-refractivity contribution in [3.63, 3.8) is 0 Å². The number of carbonyl (C=O) groups is 1. The van der Waals surface area contributed by atoms with E-state index in [9.17, 15) is 4.79 Å². The first-order valence-electron chi connectivity index (χ1n) is 14.2. The number of aromatic nitrogens is 2. The smallest absolute Gasteiger partial charge is 0.164 e. The molecule has 0 atom stereocenters. The Kier molecular flexibility index (Phi) is 15.4. The molecule has 232 valence electrons. The number of hydrogen-bond donors (Lipinski definition) is 3. The largest absolute Gasteiger partial charge is 0.398 e. The average molecular weight is 592 g/mol. The number of aliphatic imine (C=N–C) groups is 3. The van der Waals surface area contributed by atoms with Gasteiger partial charge in [0.1, 0.15) is 5.69 Å². The maximum atomic E-state index is 11.2. The minimum atomic E-state index is 0.368. The number of benzene rings is 1. The number of rotatable bonds is 16. The van der Waals surface area contributed by atoms with Gasteiger partial charge in [-0.3, -0.25) is 24.7 Å². The van der Waals surface area contributed by atoms with E-state index in [-0.39, 0.29) is 0 Å². The molecule has 1 saturated heterocycles. The zero-order valence-corrected chi connectivity index (χ0v) is 25.6. The van der Waals surface area contributed by atoms with Gasteiger partial charge in [0.25, 0.3) is 0 Å². The molecule has 0 aliphatic carbocycles. The van der Waals surface area contributed by atoms with E-state index in [4.69, 9.17) is 25.8 Å². The van der Waals surface area contributed by atoms with Gasteiger partial charge in [-0.15, -0.1) is 0 Å². The predicted molar refractivity (Wildman–Crippen MR) is 179 cm³/mol.